The van der Waals surface area contributed by atoms with Crippen LogP contribution in [0.15, 0.2) is 11.6 Å². The predicted molar refractivity (Wildman–Crippen MR) is 35.7 cm³/mol. The predicted octanol–water partition coefficient (Wildman–Crippen LogP) is 1.72. The summed E-state index contributed by atoms with van der Waals surface area (Å²) in [6, 6.07) is 0. The zero-order chi connectivity index (χ0) is 6.78. The molecule has 0 aliphatic carbocycles. The minimum atomic E-state index is -0.640. The Bertz CT molecular complexity index is 91.4. The van der Waals surface area contributed by atoms with Gasteiger partial charge in [0, 0.05) is 0 Å². The molecule has 1 heteroatoms. The summed E-state index contributed by atoms with van der Waals surface area (Å²) in [5, 5.41) is 9.11. The van der Waals surface area contributed by atoms with Gasteiger partial charge in [-0.25, -0.2) is 0 Å². The van der Waals surface area contributed by atoms with Crippen molar-refractivity contribution in [2.45, 2.75) is 33.3 Å². The fraction of sp³-hybridized carbons (Fsp3) is 0.714. The van der Waals surface area contributed by atoms with Gasteiger partial charge in [-0.3, -0.25) is 0 Å². The third kappa shape index (κ3) is 5.70. The highest BCUT2D eigenvalue weighted by atomic mass is 16.3. The maximum Gasteiger partial charge on any atom is 0.0774 e. The summed E-state index contributed by atoms with van der Waals surface area (Å²) in [6.45, 7) is 7.47. The van der Waals surface area contributed by atoms with Crippen LogP contribution in [0.25, 0.3) is 0 Å². The van der Waals surface area contributed by atoms with Crippen molar-refractivity contribution in [3.63, 3.8) is 0 Å². The van der Waals surface area contributed by atoms with Crippen LogP contribution in [0.4, 0.5) is 0 Å². The molecule has 0 aliphatic rings. The number of aliphatic hydroxyl groups is 1. The third-order valence-corrected chi connectivity index (χ3v) is 0.642. The van der Waals surface area contributed by atoms with Crippen molar-refractivity contribution in [3.05, 3.63) is 11.6 Å². The fourth-order valence-corrected chi connectivity index (χ4v) is 0.706. The zero-order valence-electron chi connectivity index (χ0n) is 6.02. The lowest BCUT2D eigenvalue weighted by Gasteiger charge is -2.10. The van der Waals surface area contributed by atoms with Gasteiger partial charge in [-0.15, -0.1) is 0 Å². The summed E-state index contributed by atoms with van der Waals surface area (Å²) in [5.74, 6) is 0. The molecule has 0 spiro atoms. The Morgan fingerprint density at radius 3 is 1.75 bits per heavy atom. The van der Waals surface area contributed by atoms with E-state index in [-0.39, 0.29) is 0 Å². The highest BCUT2D eigenvalue weighted by molar-refractivity contribution is 5.02. The van der Waals surface area contributed by atoms with Gasteiger partial charge in [0.1, 0.15) is 0 Å². The van der Waals surface area contributed by atoms with Crippen molar-refractivity contribution in [3.8, 4) is 0 Å². The van der Waals surface area contributed by atoms with Gasteiger partial charge in [0.15, 0.2) is 0 Å². The van der Waals surface area contributed by atoms with Gasteiger partial charge in [-0.05, 0) is 27.7 Å². The van der Waals surface area contributed by atoms with Crippen LogP contribution in [-0.2, 0) is 0 Å². The molecule has 0 bridgehead atoms. The molecule has 0 aliphatic heterocycles. The topological polar surface area (TPSA) is 20.2 Å². The second-order valence-electron chi connectivity index (χ2n) is 2.88. The SMILES string of the molecule is CC(C)=CC(C)(C)O. The summed E-state index contributed by atoms with van der Waals surface area (Å²) in [4.78, 5) is 0. The van der Waals surface area contributed by atoms with E-state index < -0.39 is 5.60 Å². The van der Waals surface area contributed by atoms with E-state index in [9.17, 15) is 0 Å². The first-order valence-electron chi connectivity index (χ1n) is 2.80. The van der Waals surface area contributed by atoms with Crippen molar-refractivity contribution in [1.29, 1.82) is 0 Å². The molecule has 1 nitrogen and oxygen atoms in total. The summed E-state index contributed by atoms with van der Waals surface area (Å²) in [6.07, 6.45) is 1.83. The van der Waals surface area contributed by atoms with E-state index in [1.807, 2.05) is 19.9 Å². The standard InChI is InChI=1S/C7H14O/c1-6(2)5-7(3,4)8/h5,8H,1-4H3. The molecule has 0 saturated heterocycles. The summed E-state index contributed by atoms with van der Waals surface area (Å²) in [5.41, 5.74) is 0.510. The second-order valence-corrected chi connectivity index (χ2v) is 2.88. The molecular formula is C7H14O. The van der Waals surface area contributed by atoms with Crippen LogP contribution < -0.4 is 0 Å². The molecule has 0 aromatic carbocycles. The van der Waals surface area contributed by atoms with E-state index in [0.717, 1.165) is 5.57 Å². The molecule has 1 N–H and O–H groups in total. The van der Waals surface area contributed by atoms with Crippen LogP contribution in [0.5, 0.6) is 0 Å². The van der Waals surface area contributed by atoms with Gasteiger partial charge in [-0.1, -0.05) is 11.6 Å². The molecule has 8 heavy (non-hydrogen) atoms. The van der Waals surface area contributed by atoms with Gasteiger partial charge in [0.2, 0.25) is 0 Å². The average Bonchev–Trinajstić information content (AvgIpc) is 1.21. The Morgan fingerprint density at radius 1 is 1.38 bits per heavy atom. The van der Waals surface area contributed by atoms with Crippen molar-refractivity contribution in [2.75, 3.05) is 0 Å². The van der Waals surface area contributed by atoms with E-state index in [1.54, 1.807) is 13.8 Å². The summed E-state index contributed by atoms with van der Waals surface area (Å²) >= 11 is 0. The van der Waals surface area contributed by atoms with E-state index in [2.05, 4.69) is 0 Å². The van der Waals surface area contributed by atoms with Crippen molar-refractivity contribution in [2.24, 2.45) is 0 Å². The molecule has 0 radical (unpaired) electrons. The highest BCUT2D eigenvalue weighted by Crippen LogP contribution is 2.05. The quantitative estimate of drug-likeness (QED) is 0.515. The van der Waals surface area contributed by atoms with Crippen molar-refractivity contribution < 1.29 is 5.11 Å². The molecule has 0 fully saturated rings. The first-order valence-corrected chi connectivity index (χ1v) is 2.80. The van der Waals surface area contributed by atoms with Crippen LogP contribution in [0.1, 0.15) is 27.7 Å². The highest BCUT2D eigenvalue weighted by Gasteiger charge is 2.05. The maximum absolute atomic E-state index is 9.11. The zero-order valence-corrected chi connectivity index (χ0v) is 6.02. The van der Waals surface area contributed by atoms with Crippen molar-refractivity contribution >= 4 is 0 Å². The molecule has 0 saturated carbocycles. The monoisotopic (exact) mass is 114 g/mol. The van der Waals surface area contributed by atoms with Gasteiger partial charge in [0.25, 0.3) is 0 Å². The molecule has 0 aromatic heterocycles. The van der Waals surface area contributed by atoms with Gasteiger partial charge < -0.3 is 5.11 Å². The Morgan fingerprint density at radius 2 is 1.75 bits per heavy atom. The molecule has 0 heterocycles. The lowest BCUT2D eigenvalue weighted by molar-refractivity contribution is 0.132. The van der Waals surface area contributed by atoms with Crippen LogP contribution in [0.3, 0.4) is 0 Å². The maximum atomic E-state index is 9.11. The lowest BCUT2D eigenvalue weighted by Crippen LogP contribution is -2.14. The van der Waals surface area contributed by atoms with Gasteiger partial charge in [-0.2, -0.15) is 0 Å². The van der Waals surface area contributed by atoms with E-state index in [4.69, 9.17) is 5.11 Å². The van der Waals surface area contributed by atoms with Gasteiger partial charge in [0.05, 0.1) is 5.60 Å². The van der Waals surface area contributed by atoms with Crippen LogP contribution >= 0.6 is 0 Å². The first kappa shape index (κ1) is 7.70. The number of hydrogen-bond acceptors (Lipinski definition) is 1. The molecule has 0 rings (SSSR count). The van der Waals surface area contributed by atoms with Crippen LogP contribution in [-0.4, -0.2) is 10.7 Å². The summed E-state index contributed by atoms with van der Waals surface area (Å²) < 4.78 is 0. The molecule has 0 amide bonds. The number of rotatable bonds is 1. The smallest absolute Gasteiger partial charge is 0.0774 e. The second kappa shape index (κ2) is 2.31. The van der Waals surface area contributed by atoms with Gasteiger partial charge >= 0.3 is 0 Å². The minimum Gasteiger partial charge on any atom is -0.386 e. The van der Waals surface area contributed by atoms with E-state index in [0.29, 0.717) is 0 Å². The first-order chi connectivity index (χ1) is 3.42. The molecule has 0 atom stereocenters. The largest absolute Gasteiger partial charge is 0.386 e. The third-order valence-electron chi connectivity index (χ3n) is 0.642. The van der Waals surface area contributed by atoms with E-state index in [1.165, 1.54) is 0 Å². The Kier molecular flexibility index (Phi) is 2.23. The van der Waals surface area contributed by atoms with Crippen LogP contribution in [0.2, 0.25) is 0 Å². The fourth-order valence-electron chi connectivity index (χ4n) is 0.706. The Hall–Kier alpha value is -0.300. The normalized spacial score (nSPS) is 11.1. The lowest BCUT2D eigenvalue weighted by atomic mass is 10.1. The molecular weight excluding hydrogens is 100 g/mol. The van der Waals surface area contributed by atoms with Crippen LogP contribution in [0, 0.1) is 0 Å². The molecule has 0 aromatic rings. The minimum absolute atomic E-state index is 0.640. The Labute approximate surface area is 51.0 Å². The average molecular weight is 114 g/mol. The Balaban J connectivity index is 3.89. The van der Waals surface area contributed by atoms with Crippen molar-refractivity contribution in [1.82, 2.24) is 0 Å². The van der Waals surface area contributed by atoms with E-state index >= 15 is 0 Å². The summed E-state index contributed by atoms with van der Waals surface area (Å²) in [7, 11) is 0. The number of hydrogen-bond donors (Lipinski definition) is 1. The molecule has 48 valence electrons. The molecule has 0 unspecified atom stereocenters. The number of allylic oxidation sites excluding steroid dienone is 1.